The van der Waals surface area contributed by atoms with Crippen LogP contribution in [0, 0.1) is 0 Å². The Labute approximate surface area is 245 Å². The van der Waals surface area contributed by atoms with Crippen molar-refractivity contribution < 1.29 is 29.1 Å². The fourth-order valence-electron chi connectivity index (χ4n) is 3.85. The van der Waals surface area contributed by atoms with Gasteiger partial charge >= 0.3 is 0 Å². The molecule has 228 valence electrons. The molecule has 13 heteroatoms. The van der Waals surface area contributed by atoms with Crippen molar-refractivity contribution in [2.45, 2.75) is 70.1 Å². The summed E-state index contributed by atoms with van der Waals surface area (Å²) in [6.07, 6.45) is 2.41. The van der Waals surface area contributed by atoms with Gasteiger partial charge in [0.05, 0.1) is 18.6 Å². The first-order valence-electron chi connectivity index (χ1n) is 13.8. The molecule has 13 nitrogen and oxygen atoms in total. The zero-order valence-electron chi connectivity index (χ0n) is 23.9. The van der Waals surface area contributed by atoms with Crippen molar-refractivity contribution in [3.05, 3.63) is 65.7 Å². The van der Waals surface area contributed by atoms with E-state index in [2.05, 4.69) is 26.8 Å². The van der Waals surface area contributed by atoms with E-state index in [-0.39, 0.29) is 18.6 Å². The van der Waals surface area contributed by atoms with Gasteiger partial charge in [-0.05, 0) is 43.0 Å². The molecule has 0 heterocycles. The number of hydrazine groups is 1. The summed E-state index contributed by atoms with van der Waals surface area (Å²) in [7, 11) is 0. The van der Waals surface area contributed by atoms with Crippen LogP contribution in [-0.4, -0.2) is 65.4 Å². The molecular formula is C29H41N7O6. The summed E-state index contributed by atoms with van der Waals surface area (Å²) in [5.41, 5.74) is 17.9. The normalized spacial score (nSPS) is 13.5. The van der Waals surface area contributed by atoms with Gasteiger partial charge in [0.25, 0.3) is 11.8 Å². The molecule has 0 aliphatic rings. The van der Waals surface area contributed by atoms with Crippen molar-refractivity contribution in [1.29, 1.82) is 0 Å². The number of hydrogen-bond donors (Lipinski definition) is 8. The second kappa shape index (κ2) is 17.4. The van der Waals surface area contributed by atoms with E-state index < -0.39 is 60.2 Å². The second-order valence-corrected chi connectivity index (χ2v) is 9.96. The standard InChI is InChI=1S/C29H41N7O6/c1-3-4-10-22(30)28(41)35-36-29(42)24(16-19-8-6-5-7-9-19)34-25(38)17-32-26(39)18(2)33-27(40)23(31)15-20-11-13-21(37)14-12-20/h5-9,11-14,18,22-24,37H,3-4,10,15-17,30-31H2,1-2H3,(H,32,39)(H,33,40)(H,34,38)(H,35,41)(H,36,42)/t18-,22-,23+,24+/m1/s1. The fourth-order valence-corrected chi connectivity index (χ4v) is 3.85. The molecule has 0 spiro atoms. The van der Waals surface area contributed by atoms with Crippen LogP contribution in [0.5, 0.6) is 5.75 Å². The van der Waals surface area contributed by atoms with Gasteiger partial charge in [0, 0.05) is 6.42 Å². The van der Waals surface area contributed by atoms with Gasteiger partial charge in [-0.2, -0.15) is 0 Å². The number of nitrogens with two attached hydrogens (primary N) is 2. The Kier molecular flexibility index (Phi) is 13.9. The van der Waals surface area contributed by atoms with Crippen LogP contribution in [0.4, 0.5) is 0 Å². The van der Waals surface area contributed by atoms with Gasteiger partial charge in [-0.15, -0.1) is 0 Å². The number of amides is 5. The maximum absolute atomic E-state index is 12.9. The lowest BCUT2D eigenvalue weighted by atomic mass is 10.1. The summed E-state index contributed by atoms with van der Waals surface area (Å²) in [4.78, 5) is 62.7. The number of phenolic OH excluding ortho intramolecular Hbond substituents is 1. The van der Waals surface area contributed by atoms with Crippen molar-refractivity contribution in [2.24, 2.45) is 11.5 Å². The number of rotatable bonds is 15. The number of benzene rings is 2. The minimum Gasteiger partial charge on any atom is -0.508 e. The monoisotopic (exact) mass is 583 g/mol. The summed E-state index contributed by atoms with van der Waals surface area (Å²) in [6, 6.07) is 11.4. The molecule has 0 unspecified atom stereocenters. The van der Waals surface area contributed by atoms with Gasteiger partial charge in [0.15, 0.2) is 0 Å². The van der Waals surface area contributed by atoms with Gasteiger partial charge in [-0.1, -0.05) is 62.2 Å². The summed E-state index contributed by atoms with van der Waals surface area (Å²) in [6.45, 7) is 2.95. The van der Waals surface area contributed by atoms with E-state index in [9.17, 15) is 29.1 Å². The molecule has 2 aromatic rings. The number of hydrogen-bond acceptors (Lipinski definition) is 8. The van der Waals surface area contributed by atoms with E-state index in [4.69, 9.17) is 11.5 Å². The van der Waals surface area contributed by atoms with Gasteiger partial charge in [-0.25, -0.2) is 0 Å². The lowest BCUT2D eigenvalue weighted by Gasteiger charge is -2.21. The summed E-state index contributed by atoms with van der Waals surface area (Å²) >= 11 is 0. The quantitative estimate of drug-likeness (QED) is 0.125. The van der Waals surface area contributed by atoms with Gasteiger partial charge in [0.1, 0.15) is 17.8 Å². The molecule has 0 aliphatic carbocycles. The van der Waals surface area contributed by atoms with E-state index in [0.29, 0.717) is 6.42 Å². The first-order valence-corrected chi connectivity index (χ1v) is 13.8. The Bertz CT molecular complexity index is 1190. The Morgan fingerprint density at radius 2 is 1.38 bits per heavy atom. The molecule has 0 bridgehead atoms. The van der Waals surface area contributed by atoms with Crippen molar-refractivity contribution in [1.82, 2.24) is 26.8 Å². The first kappa shape index (κ1) is 33.7. The average molecular weight is 584 g/mol. The molecule has 0 radical (unpaired) electrons. The Morgan fingerprint density at radius 3 is 2.02 bits per heavy atom. The Morgan fingerprint density at radius 1 is 0.762 bits per heavy atom. The van der Waals surface area contributed by atoms with Crippen LogP contribution in [-0.2, 0) is 36.8 Å². The van der Waals surface area contributed by atoms with E-state index in [1.807, 2.05) is 13.0 Å². The Hall–Kier alpha value is -4.49. The van der Waals surface area contributed by atoms with Crippen molar-refractivity contribution in [2.75, 3.05) is 6.54 Å². The number of phenols is 1. The molecule has 0 aromatic heterocycles. The third-order valence-electron chi connectivity index (χ3n) is 6.35. The number of carbonyl (C=O) groups is 5. The lowest BCUT2D eigenvalue weighted by molar-refractivity contribution is -0.133. The molecule has 5 amide bonds. The van der Waals surface area contributed by atoms with E-state index in [1.54, 1.807) is 36.4 Å². The SMILES string of the molecule is CCCC[C@@H](N)C(=O)NNC(=O)[C@H](Cc1ccccc1)NC(=O)CNC(=O)[C@@H](C)NC(=O)[C@@H](N)Cc1ccc(O)cc1. The van der Waals surface area contributed by atoms with Crippen LogP contribution in [0.25, 0.3) is 0 Å². The third kappa shape index (κ3) is 11.9. The molecule has 4 atom stereocenters. The molecule has 2 aromatic carbocycles. The van der Waals surface area contributed by atoms with E-state index >= 15 is 0 Å². The maximum Gasteiger partial charge on any atom is 0.261 e. The van der Waals surface area contributed by atoms with Crippen molar-refractivity contribution >= 4 is 29.5 Å². The minimum atomic E-state index is -1.07. The van der Waals surface area contributed by atoms with Crippen LogP contribution < -0.4 is 38.3 Å². The van der Waals surface area contributed by atoms with Crippen LogP contribution in [0.2, 0.25) is 0 Å². The molecule has 0 fully saturated rings. The van der Waals surface area contributed by atoms with Crippen molar-refractivity contribution in [3.63, 3.8) is 0 Å². The second-order valence-electron chi connectivity index (χ2n) is 9.96. The fraction of sp³-hybridized carbons (Fsp3) is 0.414. The molecule has 2 rings (SSSR count). The zero-order valence-corrected chi connectivity index (χ0v) is 23.9. The first-order chi connectivity index (χ1) is 20.0. The molecule has 0 saturated heterocycles. The van der Waals surface area contributed by atoms with Crippen LogP contribution in [0.3, 0.4) is 0 Å². The predicted molar refractivity (Wildman–Crippen MR) is 156 cm³/mol. The largest absolute Gasteiger partial charge is 0.508 e. The minimum absolute atomic E-state index is 0.0902. The number of unbranched alkanes of at least 4 members (excludes halogenated alkanes) is 1. The van der Waals surface area contributed by atoms with E-state index in [1.165, 1.54) is 19.1 Å². The maximum atomic E-state index is 12.9. The molecular weight excluding hydrogens is 542 g/mol. The average Bonchev–Trinajstić information content (AvgIpc) is 2.98. The molecule has 10 N–H and O–H groups in total. The van der Waals surface area contributed by atoms with Gasteiger partial charge < -0.3 is 32.5 Å². The molecule has 0 saturated carbocycles. The van der Waals surface area contributed by atoms with Gasteiger partial charge in [-0.3, -0.25) is 34.8 Å². The number of carbonyl (C=O) groups excluding carboxylic acids is 5. The third-order valence-corrected chi connectivity index (χ3v) is 6.35. The molecule has 42 heavy (non-hydrogen) atoms. The zero-order chi connectivity index (χ0) is 31.1. The van der Waals surface area contributed by atoms with Crippen LogP contribution in [0.1, 0.15) is 44.2 Å². The highest BCUT2D eigenvalue weighted by molar-refractivity contribution is 5.93. The van der Waals surface area contributed by atoms with E-state index in [0.717, 1.165) is 24.0 Å². The number of aromatic hydroxyl groups is 1. The van der Waals surface area contributed by atoms with Crippen molar-refractivity contribution in [3.8, 4) is 5.75 Å². The highest BCUT2D eigenvalue weighted by Gasteiger charge is 2.24. The smallest absolute Gasteiger partial charge is 0.261 e. The van der Waals surface area contributed by atoms with Crippen LogP contribution >= 0.6 is 0 Å². The van der Waals surface area contributed by atoms with Crippen LogP contribution in [0.15, 0.2) is 54.6 Å². The predicted octanol–water partition coefficient (Wildman–Crippen LogP) is -0.725. The lowest BCUT2D eigenvalue weighted by Crippen LogP contribution is -2.57. The summed E-state index contributed by atoms with van der Waals surface area (Å²) in [5, 5.41) is 16.9. The Balaban J connectivity index is 1.88. The topological polar surface area (TPSA) is 218 Å². The summed E-state index contributed by atoms with van der Waals surface area (Å²) in [5.74, 6) is -2.98. The highest BCUT2D eigenvalue weighted by Crippen LogP contribution is 2.11. The van der Waals surface area contributed by atoms with Gasteiger partial charge in [0.2, 0.25) is 17.7 Å². The highest BCUT2D eigenvalue weighted by atomic mass is 16.3. The number of nitrogens with one attached hydrogen (secondary N) is 5. The molecule has 0 aliphatic heterocycles. The summed E-state index contributed by atoms with van der Waals surface area (Å²) < 4.78 is 0.